The zero-order valence-electron chi connectivity index (χ0n) is 19.1. The summed E-state index contributed by atoms with van der Waals surface area (Å²) < 4.78 is 17.9. The lowest BCUT2D eigenvalue weighted by atomic mass is 10.0. The summed E-state index contributed by atoms with van der Waals surface area (Å²) >= 11 is 9.11. The molecule has 10 nitrogen and oxygen atoms in total. The van der Waals surface area contributed by atoms with Crippen LogP contribution in [0.3, 0.4) is 0 Å². The van der Waals surface area contributed by atoms with Crippen molar-refractivity contribution in [3.05, 3.63) is 37.6 Å². The highest BCUT2D eigenvalue weighted by molar-refractivity contribution is 9.11. The van der Waals surface area contributed by atoms with Gasteiger partial charge < -0.3 is 19.5 Å². The molecule has 33 heavy (non-hydrogen) atoms. The van der Waals surface area contributed by atoms with Crippen LogP contribution < -0.4 is 16.6 Å². The molecule has 2 heterocycles. The van der Waals surface area contributed by atoms with Crippen LogP contribution in [0.15, 0.2) is 20.8 Å². The van der Waals surface area contributed by atoms with Crippen molar-refractivity contribution >= 4 is 45.7 Å². The smallest absolute Gasteiger partial charge is 0.408 e. The van der Waals surface area contributed by atoms with Crippen LogP contribution in [0, 0.1) is 5.92 Å². The molecular formula is C21H29BrClN3O7. The quantitative estimate of drug-likeness (QED) is 0.394. The molecule has 1 fully saturated rings. The second-order valence-electron chi connectivity index (χ2n) is 8.91. The van der Waals surface area contributed by atoms with E-state index in [0.29, 0.717) is 0 Å². The van der Waals surface area contributed by atoms with Gasteiger partial charge in [-0.15, -0.1) is 11.6 Å². The molecule has 2 N–H and O–H groups in total. The Balaban J connectivity index is 2.18. The molecule has 2 rings (SSSR count). The third kappa shape index (κ3) is 7.44. The number of amides is 1. The van der Waals surface area contributed by atoms with Gasteiger partial charge in [-0.1, -0.05) is 29.8 Å². The number of H-pyrrole nitrogens is 1. The van der Waals surface area contributed by atoms with Crippen molar-refractivity contribution in [2.24, 2.45) is 5.92 Å². The maximum Gasteiger partial charge on any atom is 0.408 e. The Morgan fingerprint density at radius 1 is 1.39 bits per heavy atom. The molecule has 0 unspecified atom stereocenters. The Hall–Kier alpha value is -2.11. The summed E-state index contributed by atoms with van der Waals surface area (Å²) in [6.45, 7) is 8.67. The zero-order valence-corrected chi connectivity index (χ0v) is 21.4. The molecule has 1 aliphatic rings. The van der Waals surface area contributed by atoms with Crippen molar-refractivity contribution < 1.29 is 23.8 Å². The van der Waals surface area contributed by atoms with Crippen molar-refractivity contribution in [3.63, 3.8) is 0 Å². The number of aromatic amines is 1. The highest BCUT2D eigenvalue weighted by Crippen LogP contribution is 2.31. The van der Waals surface area contributed by atoms with Gasteiger partial charge in [-0.3, -0.25) is 14.3 Å². The molecule has 1 saturated heterocycles. The van der Waals surface area contributed by atoms with Gasteiger partial charge >= 0.3 is 17.8 Å². The molecule has 0 aliphatic carbocycles. The number of halogens is 2. The lowest BCUT2D eigenvalue weighted by molar-refractivity contribution is -0.155. The van der Waals surface area contributed by atoms with E-state index in [-0.39, 0.29) is 23.8 Å². The van der Waals surface area contributed by atoms with Crippen molar-refractivity contribution in [2.45, 2.75) is 71.1 Å². The van der Waals surface area contributed by atoms with Gasteiger partial charge in [0.05, 0.1) is 11.4 Å². The van der Waals surface area contributed by atoms with E-state index >= 15 is 0 Å². The summed E-state index contributed by atoms with van der Waals surface area (Å²) in [7, 11) is 0. The molecule has 184 valence electrons. The van der Waals surface area contributed by atoms with Crippen LogP contribution in [-0.4, -0.2) is 51.3 Å². The third-order valence-corrected chi connectivity index (χ3v) is 5.31. The Labute approximate surface area is 204 Å². The maximum atomic E-state index is 12.9. The number of nitrogens with one attached hydrogen (secondary N) is 2. The first kappa shape index (κ1) is 27.1. The number of hydrogen-bond acceptors (Lipinski definition) is 7. The molecule has 1 amide bonds. The summed E-state index contributed by atoms with van der Waals surface area (Å²) in [6.07, 6.45) is -0.0336. The lowest BCUT2D eigenvalue weighted by Gasteiger charge is -2.26. The average molecular weight is 551 g/mol. The van der Waals surface area contributed by atoms with E-state index in [9.17, 15) is 19.2 Å². The monoisotopic (exact) mass is 549 g/mol. The van der Waals surface area contributed by atoms with Crippen LogP contribution >= 0.6 is 27.5 Å². The molecule has 0 aromatic carbocycles. The van der Waals surface area contributed by atoms with Crippen LogP contribution in [-0.2, 0) is 19.0 Å². The van der Waals surface area contributed by atoms with Gasteiger partial charge in [0.15, 0.2) is 0 Å². The first-order valence-electron chi connectivity index (χ1n) is 10.4. The first-order valence-corrected chi connectivity index (χ1v) is 11.8. The van der Waals surface area contributed by atoms with Gasteiger partial charge in [-0.2, -0.15) is 0 Å². The van der Waals surface area contributed by atoms with Crippen LogP contribution in [0.5, 0.6) is 0 Å². The van der Waals surface area contributed by atoms with E-state index < -0.39 is 53.4 Å². The number of alkyl carbamates (subject to hydrolysis) is 1. The van der Waals surface area contributed by atoms with Crippen LogP contribution in [0.4, 0.5) is 4.79 Å². The minimum Gasteiger partial charge on any atom is -0.458 e. The number of ether oxygens (including phenoxy) is 3. The topological polar surface area (TPSA) is 129 Å². The fraction of sp³-hybridized carbons (Fsp3) is 0.619. The van der Waals surface area contributed by atoms with Crippen LogP contribution in [0.25, 0.3) is 6.08 Å². The predicted molar refractivity (Wildman–Crippen MR) is 126 cm³/mol. The SMILES string of the molecule is CC(C)[C@H](NC(=O)OC(C)(C)C)C(=O)O[C@H]1C[C@H](n2cc(/C=C/Br)c(=O)[nH]c2=O)O[C@@H]1CCl. The van der Waals surface area contributed by atoms with E-state index in [0.717, 1.165) is 0 Å². The first-order chi connectivity index (χ1) is 15.4. The molecule has 0 radical (unpaired) electrons. The van der Waals surface area contributed by atoms with Gasteiger partial charge in [0.2, 0.25) is 0 Å². The molecule has 1 aliphatic heterocycles. The van der Waals surface area contributed by atoms with Crippen LogP contribution in [0.2, 0.25) is 0 Å². The third-order valence-electron chi connectivity index (χ3n) is 4.74. The molecule has 1 aromatic heterocycles. The zero-order chi connectivity index (χ0) is 24.9. The lowest BCUT2D eigenvalue weighted by Crippen LogP contribution is -2.48. The fourth-order valence-corrected chi connectivity index (χ4v) is 3.75. The average Bonchev–Trinajstić information content (AvgIpc) is 3.09. The highest BCUT2D eigenvalue weighted by Gasteiger charge is 2.40. The second-order valence-corrected chi connectivity index (χ2v) is 9.74. The van der Waals surface area contributed by atoms with Crippen molar-refractivity contribution in [2.75, 3.05) is 5.88 Å². The number of aromatic nitrogens is 2. The summed E-state index contributed by atoms with van der Waals surface area (Å²) in [5.74, 6) is -0.943. The van der Waals surface area contributed by atoms with Gasteiger partial charge in [0, 0.05) is 12.6 Å². The van der Waals surface area contributed by atoms with Crippen molar-refractivity contribution in [1.29, 1.82) is 0 Å². The van der Waals surface area contributed by atoms with Gasteiger partial charge in [0.1, 0.15) is 30.1 Å². The standard InChI is InChI=1S/C21H29BrClN3O7/c1-11(2)16(24-20(30)33-21(3,4)5)18(28)32-13-8-15(31-14(13)9-23)26-10-12(6-7-22)17(27)25-19(26)29/h6-7,10-11,13-16H,8-9H2,1-5H3,(H,24,30)(H,25,27,29)/b7-6+/t13-,14+,15+,16-/m0/s1. The predicted octanol–water partition coefficient (Wildman–Crippen LogP) is 2.89. The van der Waals surface area contributed by atoms with Crippen molar-refractivity contribution in [3.8, 4) is 0 Å². The number of esters is 1. The number of carbonyl (C=O) groups excluding carboxylic acids is 2. The Bertz CT molecular complexity index is 999. The molecule has 4 atom stereocenters. The summed E-state index contributed by atoms with van der Waals surface area (Å²) in [6, 6.07) is -0.957. The Kier molecular flexibility index (Phi) is 9.33. The van der Waals surface area contributed by atoms with Gasteiger partial charge in [-0.05, 0) is 37.8 Å². The molecular weight excluding hydrogens is 522 g/mol. The van der Waals surface area contributed by atoms with E-state index in [2.05, 4.69) is 26.2 Å². The van der Waals surface area contributed by atoms with Gasteiger partial charge in [0.25, 0.3) is 5.56 Å². The summed E-state index contributed by atoms with van der Waals surface area (Å²) in [5.41, 5.74) is -1.70. The van der Waals surface area contributed by atoms with E-state index in [1.54, 1.807) is 34.6 Å². The van der Waals surface area contributed by atoms with Crippen molar-refractivity contribution in [1.82, 2.24) is 14.9 Å². The van der Waals surface area contributed by atoms with Crippen LogP contribution in [0.1, 0.15) is 52.8 Å². The molecule has 12 heteroatoms. The van der Waals surface area contributed by atoms with E-state index in [1.807, 2.05) is 0 Å². The largest absolute Gasteiger partial charge is 0.458 e. The summed E-state index contributed by atoms with van der Waals surface area (Å²) in [4.78, 5) is 53.0. The number of hydrogen-bond donors (Lipinski definition) is 2. The number of alkyl halides is 1. The number of carbonyl (C=O) groups is 2. The fourth-order valence-electron chi connectivity index (χ4n) is 3.19. The normalized spacial score (nSPS) is 21.9. The minimum atomic E-state index is -0.957. The summed E-state index contributed by atoms with van der Waals surface area (Å²) in [5, 5.41) is 2.54. The maximum absolute atomic E-state index is 12.9. The Morgan fingerprint density at radius 2 is 2.06 bits per heavy atom. The number of rotatable bonds is 7. The molecule has 1 aromatic rings. The molecule has 0 spiro atoms. The van der Waals surface area contributed by atoms with E-state index in [1.165, 1.54) is 21.8 Å². The Morgan fingerprint density at radius 3 is 2.61 bits per heavy atom. The minimum absolute atomic E-state index is 0.00650. The number of nitrogens with zero attached hydrogens (tertiary/aromatic N) is 1. The molecule has 0 bridgehead atoms. The van der Waals surface area contributed by atoms with Gasteiger partial charge in [-0.25, -0.2) is 14.4 Å². The second kappa shape index (κ2) is 11.3. The highest BCUT2D eigenvalue weighted by atomic mass is 79.9. The van der Waals surface area contributed by atoms with E-state index in [4.69, 9.17) is 25.8 Å². The molecule has 0 saturated carbocycles.